The van der Waals surface area contributed by atoms with Gasteiger partial charge < -0.3 is 10.1 Å². The van der Waals surface area contributed by atoms with E-state index in [0.29, 0.717) is 34.5 Å². The van der Waals surface area contributed by atoms with Crippen molar-refractivity contribution < 1.29 is 17.9 Å². The Labute approximate surface area is 206 Å². The topological polar surface area (TPSA) is 101 Å². The van der Waals surface area contributed by atoms with Crippen molar-refractivity contribution >= 4 is 39.9 Å². The van der Waals surface area contributed by atoms with Crippen LogP contribution in [0.1, 0.15) is 16.8 Å². The highest BCUT2D eigenvalue weighted by Gasteiger charge is 2.31. The Kier molecular flexibility index (Phi) is 5.87. The largest absolute Gasteiger partial charge is 0.437 e. The van der Waals surface area contributed by atoms with E-state index in [1.54, 1.807) is 59.5 Å². The van der Waals surface area contributed by atoms with Gasteiger partial charge in [-0.3, -0.25) is 4.98 Å². The van der Waals surface area contributed by atoms with Crippen molar-refractivity contribution in [2.24, 2.45) is 0 Å². The molecule has 0 bridgehead atoms. The summed E-state index contributed by atoms with van der Waals surface area (Å²) in [7, 11) is 0. The monoisotopic (exact) mass is 507 g/mol. The number of alkyl halides is 3. The molecule has 0 aliphatic carbocycles. The van der Waals surface area contributed by atoms with Crippen LogP contribution in [0.15, 0.2) is 67.4 Å². The number of rotatable bonds is 5. The molecule has 0 saturated heterocycles. The zero-order valence-corrected chi connectivity index (χ0v) is 18.8. The second kappa shape index (κ2) is 9.16. The molecule has 178 valence electrons. The minimum absolute atomic E-state index is 0.144. The summed E-state index contributed by atoms with van der Waals surface area (Å²) >= 11 is 5.92. The number of aromatic nitrogens is 5. The molecule has 5 rings (SSSR count). The molecule has 8 nitrogen and oxygen atoms in total. The van der Waals surface area contributed by atoms with E-state index < -0.39 is 11.7 Å². The van der Waals surface area contributed by atoms with Gasteiger partial charge in [-0.1, -0.05) is 17.7 Å². The van der Waals surface area contributed by atoms with Crippen molar-refractivity contribution in [2.45, 2.75) is 6.18 Å². The Bertz CT molecular complexity index is 1670. The Morgan fingerprint density at radius 3 is 2.72 bits per heavy atom. The summed E-state index contributed by atoms with van der Waals surface area (Å²) < 4.78 is 45.6. The summed E-state index contributed by atoms with van der Waals surface area (Å²) in [5.41, 5.74) is 1.88. The maximum atomic E-state index is 12.8. The molecule has 0 aliphatic heterocycles. The van der Waals surface area contributed by atoms with Crippen LogP contribution >= 0.6 is 11.6 Å². The van der Waals surface area contributed by atoms with E-state index in [9.17, 15) is 18.4 Å². The van der Waals surface area contributed by atoms with Gasteiger partial charge in [0.15, 0.2) is 5.65 Å². The standard InChI is InChI=1S/C24H13ClF3N7O/c25-19-8-15(24(26,27)28)12-33-23(19)36-17-3-1-2-16(9-17)30-6-4-20-18-13-32-22-14(10-29)11-34-35(22)21(18)5-7-31-20/h1-9,11-13,30H/b6-4+. The van der Waals surface area contributed by atoms with Crippen molar-refractivity contribution in [1.29, 1.82) is 5.26 Å². The molecule has 0 unspecified atom stereocenters. The van der Waals surface area contributed by atoms with Crippen molar-refractivity contribution in [3.63, 3.8) is 0 Å². The van der Waals surface area contributed by atoms with Gasteiger partial charge in [-0.25, -0.2) is 14.5 Å². The summed E-state index contributed by atoms with van der Waals surface area (Å²) in [6.07, 6.45) is 4.24. The quantitative estimate of drug-likeness (QED) is 0.307. The summed E-state index contributed by atoms with van der Waals surface area (Å²) in [6, 6.07) is 11.3. The molecule has 0 amide bonds. The first-order valence-electron chi connectivity index (χ1n) is 10.3. The number of halogens is 4. The van der Waals surface area contributed by atoms with E-state index in [1.807, 2.05) is 0 Å². The van der Waals surface area contributed by atoms with Gasteiger partial charge in [0.05, 0.1) is 23.0 Å². The molecule has 0 aliphatic rings. The number of hydrogen-bond acceptors (Lipinski definition) is 7. The molecule has 1 aromatic carbocycles. The highest BCUT2D eigenvalue weighted by Crippen LogP contribution is 2.35. The van der Waals surface area contributed by atoms with Gasteiger partial charge in [-0.05, 0) is 30.3 Å². The van der Waals surface area contributed by atoms with E-state index in [1.165, 1.54) is 6.20 Å². The predicted octanol–water partition coefficient (Wildman–Crippen LogP) is 6.09. The van der Waals surface area contributed by atoms with Gasteiger partial charge in [0.1, 0.15) is 22.4 Å². The van der Waals surface area contributed by atoms with Crippen LogP contribution in [0.4, 0.5) is 18.9 Å². The second-order valence-corrected chi connectivity index (χ2v) is 7.82. The van der Waals surface area contributed by atoms with Gasteiger partial charge in [0.25, 0.3) is 0 Å². The zero-order valence-electron chi connectivity index (χ0n) is 18.0. The van der Waals surface area contributed by atoms with Crippen LogP contribution in [0.3, 0.4) is 0 Å². The molecule has 0 spiro atoms. The summed E-state index contributed by atoms with van der Waals surface area (Å²) in [5, 5.41) is 17.0. The third-order valence-electron chi connectivity index (χ3n) is 5.08. The highest BCUT2D eigenvalue weighted by molar-refractivity contribution is 6.31. The molecule has 0 saturated carbocycles. The number of hydrogen-bond donors (Lipinski definition) is 1. The fourth-order valence-corrected chi connectivity index (χ4v) is 3.61. The molecule has 12 heteroatoms. The highest BCUT2D eigenvalue weighted by atomic mass is 35.5. The number of nitrogens with one attached hydrogen (secondary N) is 1. The van der Waals surface area contributed by atoms with Gasteiger partial charge in [-0.2, -0.15) is 23.5 Å². The first-order valence-corrected chi connectivity index (χ1v) is 10.7. The van der Waals surface area contributed by atoms with Crippen LogP contribution in [-0.4, -0.2) is 24.6 Å². The minimum atomic E-state index is -4.55. The van der Waals surface area contributed by atoms with E-state index in [0.717, 1.165) is 17.0 Å². The molecule has 0 fully saturated rings. The lowest BCUT2D eigenvalue weighted by atomic mass is 10.2. The predicted molar refractivity (Wildman–Crippen MR) is 126 cm³/mol. The van der Waals surface area contributed by atoms with Crippen LogP contribution < -0.4 is 10.1 Å². The van der Waals surface area contributed by atoms with Crippen molar-refractivity contribution in [3.8, 4) is 17.7 Å². The third kappa shape index (κ3) is 4.49. The Morgan fingerprint density at radius 1 is 1.08 bits per heavy atom. The first-order chi connectivity index (χ1) is 17.3. The zero-order chi connectivity index (χ0) is 25.3. The smallest absolute Gasteiger partial charge is 0.417 e. The first kappa shape index (κ1) is 23.1. The average Bonchev–Trinajstić information content (AvgIpc) is 3.29. The lowest BCUT2D eigenvalue weighted by molar-refractivity contribution is -0.137. The average molecular weight is 508 g/mol. The van der Waals surface area contributed by atoms with E-state index >= 15 is 0 Å². The Balaban J connectivity index is 1.34. The number of nitrogens with zero attached hydrogens (tertiary/aromatic N) is 6. The molecular formula is C24H13ClF3N7O. The Hall–Kier alpha value is -4.69. The van der Waals surface area contributed by atoms with Crippen molar-refractivity contribution in [3.05, 3.63) is 89.2 Å². The molecule has 5 aromatic rings. The summed E-state index contributed by atoms with van der Waals surface area (Å²) in [6.45, 7) is 0. The molecule has 0 atom stereocenters. The molecular weight excluding hydrogens is 495 g/mol. The number of nitriles is 1. The number of pyridine rings is 2. The van der Waals surface area contributed by atoms with Gasteiger partial charge in [0, 0.05) is 41.9 Å². The SMILES string of the molecule is N#Cc1cnn2c1ncc1c(/C=C/Nc3cccc(Oc4ncc(C(F)(F)F)cc4Cl)c3)nccc12. The lowest BCUT2D eigenvalue weighted by Gasteiger charge is -2.11. The lowest BCUT2D eigenvalue weighted by Crippen LogP contribution is -2.05. The maximum Gasteiger partial charge on any atom is 0.417 e. The van der Waals surface area contributed by atoms with Crippen LogP contribution in [-0.2, 0) is 6.18 Å². The van der Waals surface area contributed by atoms with E-state index in [4.69, 9.17) is 16.3 Å². The fourth-order valence-electron chi connectivity index (χ4n) is 3.41. The summed E-state index contributed by atoms with van der Waals surface area (Å²) in [5.74, 6) is 0.179. The normalized spacial score (nSPS) is 11.8. The van der Waals surface area contributed by atoms with Gasteiger partial charge >= 0.3 is 6.18 Å². The molecule has 1 N–H and O–H groups in total. The number of fused-ring (bicyclic) bond motifs is 3. The van der Waals surface area contributed by atoms with Crippen LogP contribution in [0.2, 0.25) is 5.02 Å². The third-order valence-corrected chi connectivity index (χ3v) is 5.35. The maximum absolute atomic E-state index is 12.8. The van der Waals surface area contributed by atoms with Crippen LogP contribution in [0.25, 0.3) is 22.6 Å². The number of anilines is 1. The van der Waals surface area contributed by atoms with Crippen LogP contribution in [0.5, 0.6) is 11.6 Å². The molecule has 0 radical (unpaired) electrons. The van der Waals surface area contributed by atoms with Crippen LogP contribution in [0, 0.1) is 11.3 Å². The minimum Gasteiger partial charge on any atom is -0.437 e. The Morgan fingerprint density at radius 2 is 1.94 bits per heavy atom. The van der Waals surface area contributed by atoms with Gasteiger partial charge in [-0.15, -0.1) is 0 Å². The van der Waals surface area contributed by atoms with Gasteiger partial charge in [0.2, 0.25) is 5.88 Å². The number of benzene rings is 1. The fraction of sp³-hybridized carbons (Fsp3) is 0.0417. The number of ether oxygens (including phenoxy) is 1. The van der Waals surface area contributed by atoms with Crippen molar-refractivity contribution in [1.82, 2.24) is 24.6 Å². The van der Waals surface area contributed by atoms with Crippen molar-refractivity contribution in [2.75, 3.05) is 5.32 Å². The molecule has 4 heterocycles. The molecule has 4 aromatic heterocycles. The van der Waals surface area contributed by atoms with E-state index in [2.05, 4.69) is 31.4 Å². The molecule has 36 heavy (non-hydrogen) atoms. The second-order valence-electron chi connectivity index (χ2n) is 7.41. The summed E-state index contributed by atoms with van der Waals surface area (Å²) in [4.78, 5) is 12.4. The van der Waals surface area contributed by atoms with E-state index in [-0.39, 0.29) is 10.9 Å².